The zero-order chi connectivity index (χ0) is 29.8. The number of nitrogens with zero attached hydrogens (tertiary/aromatic N) is 3. The standard InChI is InChI=1S/C33H47N3O5/c1-6-14-24(4)35(20-8-3)31(40)28-33-18-17-32(5,41-33)26(27(33)30(39)36(28)21-12-13-22-37)29(38)34(19-7-2)23-25-15-10-9-11-16-25/h7-11,15-16,24,26-28,37H,2-3,6,12-14,17-23H2,1,4-5H3/t24?,26-,27+,28?,32+,33?/m1/s1. The second kappa shape index (κ2) is 12.9. The Morgan fingerprint density at radius 3 is 2.49 bits per heavy atom. The van der Waals surface area contributed by atoms with Gasteiger partial charge in [0.1, 0.15) is 11.6 Å². The predicted molar refractivity (Wildman–Crippen MR) is 159 cm³/mol. The summed E-state index contributed by atoms with van der Waals surface area (Å²) in [6, 6.07) is 8.93. The van der Waals surface area contributed by atoms with Crippen molar-refractivity contribution in [3.05, 3.63) is 61.2 Å². The van der Waals surface area contributed by atoms with Gasteiger partial charge in [-0.15, -0.1) is 13.2 Å². The molecule has 3 aliphatic rings. The van der Waals surface area contributed by atoms with E-state index in [0.717, 1.165) is 18.4 Å². The monoisotopic (exact) mass is 565 g/mol. The minimum atomic E-state index is -1.07. The maximum absolute atomic E-state index is 14.5. The number of hydrogen-bond donors (Lipinski definition) is 1. The van der Waals surface area contributed by atoms with Crippen LogP contribution in [0.5, 0.6) is 0 Å². The van der Waals surface area contributed by atoms with Crippen LogP contribution in [-0.2, 0) is 25.7 Å². The Labute approximate surface area is 245 Å². The van der Waals surface area contributed by atoms with Crippen LogP contribution in [0.3, 0.4) is 0 Å². The second-order valence-electron chi connectivity index (χ2n) is 12.1. The van der Waals surface area contributed by atoms with E-state index in [1.807, 2.05) is 49.1 Å². The van der Waals surface area contributed by atoms with Gasteiger partial charge in [-0.05, 0) is 51.5 Å². The molecule has 3 heterocycles. The van der Waals surface area contributed by atoms with Crippen molar-refractivity contribution in [2.45, 2.75) is 89.1 Å². The van der Waals surface area contributed by atoms with Crippen molar-refractivity contribution in [1.82, 2.24) is 14.7 Å². The summed E-state index contributed by atoms with van der Waals surface area (Å²) in [6.45, 7) is 15.3. The molecule has 3 fully saturated rings. The first-order chi connectivity index (χ1) is 19.7. The van der Waals surface area contributed by atoms with Crippen LogP contribution in [0.1, 0.15) is 64.9 Å². The van der Waals surface area contributed by atoms with Crippen molar-refractivity contribution in [2.24, 2.45) is 11.8 Å². The van der Waals surface area contributed by atoms with Crippen LogP contribution >= 0.6 is 0 Å². The molecule has 2 bridgehead atoms. The number of carbonyl (C=O) groups is 3. The Kier molecular flexibility index (Phi) is 9.75. The van der Waals surface area contributed by atoms with E-state index in [9.17, 15) is 19.5 Å². The molecular formula is C33H47N3O5. The molecule has 4 rings (SSSR count). The van der Waals surface area contributed by atoms with Crippen molar-refractivity contribution < 1.29 is 24.2 Å². The molecule has 1 spiro atoms. The molecular weight excluding hydrogens is 518 g/mol. The summed E-state index contributed by atoms with van der Waals surface area (Å²) in [7, 11) is 0. The van der Waals surface area contributed by atoms with Gasteiger partial charge in [0, 0.05) is 38.8 Å². The van der Waals surface area contributed by atoms with Crippen molar-refractivity contribution in [1.29, 1.82) is 0 Å². The van der Waals surface area contributed by atoms with Gasteiger partial charge in [0.2, 0.25) is 17.7 Å². The second-order valence-corrected chi connectivity index (χ2v) is 12.1. The van der Waals surface area contributed by atoms with Gasteiger partial charge in [-0.1, -0.05) is 55.8 Å². The Hall–Kier alpha value is -2.97. The van der Waals surface area contributed by atoms with Gasteiger partial charge in [0.05, 0.1) is 17.4 Å². The molecule has 41 heavy (non-hydrogen) atoms. The van der Waals surface area contributed by atoms with Crippen LogP contribution in [0, 0.1) is 11.8 Å². The minimum Gasteiger partial charge on any atom is -0.396 e. The Morgan fingerprint density at radius 2 is 1.85 bits per heavy atom. The molecule has 0 aromatic heterocycles. The van der Waals surface area contributed by atoms with E-state index in [-0.39, 0.29) is 30.4 Å². The smallest absolute Gasteiger partial charge is 0.248 e. The lowest BCUT2D eigenvalue weighted by atomic mass is 9.66. The van der Waals surface area contributed by atoms with E-state index in [1.54, 1.807) is 22.0 Å². The van der Waals surface area contributed by atoms with Crippen molar-refractivity contribution in [2.75, 3.05) is 26.2 Å². The van der Waals surface area contributed by atoms with E-state index in [2.05, 4.69) is 20.1 Å². The van der Waals surface area contributed by atoms with Crippen LogP contribution in [0.25, 0.3) is 0 Å². The molecule has 3 unspecified atom stereocenters. The summed E-state index contributed by atoms with van der Waals surface area (Å²) in [5.41, 5.74) is -0.921. The Balaban J connectivity index is 1.74. The highest BCUT2D eigenvalue weighted by atomic mass is 16.5. The quantitative estimate of drug-likeness (QED) is 0.257. The molecule has 224 valence electrons. The maximum Gasteiger partial charge on any atom is 0.248 e. The summed E-state index contributed by atoms with van der Waals surface area (Å²) in [5.74, 6) is -1.92. The first-order valence-electron chi connectivity index (χ1n) is 15.2. The van der Waals surface area contributed by atoms with Gasteiger partial charge in [0.15, 0.2) is 0 Å². The Morgan fingerprint density at radius 1 is 1.15 bits per heavy atom. The number of carbonyl (C=O) groups excluding carboxylic acids is 3. The van der Waals surface area contributed by atoms with Gasteiger partial charge in [-0.2, -0.15) is 0 Å². The summed E-state index contributed by atoms with van der Waals surface area (Å²) in [4.78, 5) is 48.4. The van der Waals surface area contributed by atoms with Crippen LogP contribution in [0.15, 0.2) is 55.6 Å². The minimum absolute atomic E-state index is 0.0109. The van der Waals surface area contributed by atoms with E-state index >= 15 is 0 Å². The third-order valence-corrected chi connectivity index (χ3v) is 9.31. The van der Waals surface area contributed by atoms with Crippen LogP contribution in [0.2, 0.25) is 0 Å². The van der Waals surface area contributed by atoms with Crippen LogP contribution in [-0.4, -0.2) is 87.1 Å². The normalized spacial score (nSPS) is 28.8. The Bertz CT molecular complexity index is 1130. The molecule has 1 N–H and O–H groups in total. The third-order valence-electron chi connectivity index (χ3n) is 9.31. The summed E-state index contributed by atoms with van der Waals surface area (Å²) in [5, 5.41) is 9.44. The van der Waals surface area contributed by atoms with Crippen LogP contribution < -0.4 is 0 Å². The van der Waals surface area contributed by atoms with Crippen molar-refractivity contribution in [3.8, 4) is 0 Å². The number of ether oxygens (including phenoxy) is 1. The largest absolute Gasteiger partial charge is 0.396 e. The number of aliphatic hydroxyl groups excluding tert-OH is 1. The lowest BCUT2D eigenvalue weighted by molar-refractivity contribution is -0.154. The molecule has 0 saturated carbocycles. The van der Waals surface area contributed by atoms with Gasteiger partial charge in [0.25, 0.3) is 0 Å². The lowest BCUT2D eigenvalue weighted by Crippen LogP contribution is -2.58. The van der Waals surface area contributed by atoms with E-state index < -0.39 is 29.1 Å². The zero-order valence-corrected chi connectivity index (χ0v) is 25.0. The highest BCUT2D eigenvalue weighted by molar-refractivity contribution is 5.99. The highest BCUT2D eigenvalue weighted by Gasteiger charge is 2.78. The molecule has 8 nitrogen and oxygen atoms in total. The van der Waals surface area contributed by atoms with Gasteiger partial charge in [-0.25, -0.2) is 0 Å². The third kappa shape index (κ3) is 5.61. The van der Waals surface area contributed by atoms with Gasteiger partial charge in [-0.3, -0.25) is 14.4 Å². The fourth-order valence-corrected chi connectivity index (χ4v) is 7.46. The number of likely N-dealkylation sites (tertiary alicyclic amines) is 1. The molecule has 1 aromatic carbocycles. The number of rotatable bonds is 15. The topological polar surface area (TPSA) is 90.4 Å². The van der Waals surface area contributed by atoms with Crippen molar-refractivity contribution in [3.63, 3.8) is 0 Å². The molecule has 3 saturated heterocycles. The van der Waals surface area contributed by atoms with Gasteiger partial charge < -0.3 is 24.5 Å². The number of benzene rings is 1. The molecule has 3 amide bonds. The number of amides is 3. The van der Waals surface area contributed by atoms with Gasteiger partial charge >= 0.3 is 0 Å². The molecule has 0 aliphatic carbocycles. The molecule has 6 atom stereocenters. The molecule has 1 aromatic rings. The van der Waals surface area contributed by atoms with E-state index in [0.29, 0.717) is 51.9 Å². The van der Waals surface area contributed by atoms with Crippen molar-refractivity contribution >= 4 is 17.7 Å². The number of aliphatic hydroxyl groups is 1. The SMILES string of the molecule is C=CCN(Cc1ccccc1)C(=O)[C@H]1[C@H]2C(=O)N(CCCCO)C(C(=O)N(CC=C)C(C)CCC)C23CC[C@]1(C)O3. The van der Waals surface area contributed by atoms with Crippen LogP contribution in [0.4, 0.5) is 0 Å². The summed E-state index contributed by atoms with van der Waals surface area (Å²) in [6.07, 6.45) is 7.41. The predicted octanol–water partition coefficient (Wildman–Crippen LogP) is 3.94. The molecule has 3 aliphatic heterocycles. The summed E-state index contributed by atoms with van der Waals surface area (Å²) >= 11 is 0. The fraction of sp³-hybridized carbons (Fsp3) is 0.606. The number of unbranched alkanes of at least 4 members (excludes halogenated alkanes) is 1. The average Bonchev–Trinajstić information content (AvgIpc) is 3.52. The first-order valence-corrected chi connectivity index (χ1v) is 15.2. The molecule has 8 heteroatoms. The number of fused-ring (bicyclic) bond motifs is 1. The summed E-state index contributed by atoms with van der Waals surface area (Å²) < 4.78 is 6.83. The molecule has 0 radical (unpaired) electrons. The first kappa shape index (κ1) is 31.0. The number of hydrogen-bond acceptors (Lipinski definition) is 5. The lowest BCUT2D eigenvalue weighted by Gasteiger charge is -2.39. The average molecular weight is 566 g/mol. The highest BCUT2D eigenvalue weighted by Crippen LogP contribution is 2.63. The fourth-order valence-electron chi connectivity index (χ4n) is 7.46. The van der Waals surface area contributed by atoms with E-state index in [4.69, 9.17) is 4.74 Å². The zero-order valence-electron chi connectivity index (χ0n) is 25.0. The van der Waals surface area contributed by atoms with E-state index in [1.165, 1.54) is 0 Å². The maximum atomic E-state index is 14.5.